The second kappa shape index (κ2) is 7.59. The summed E-state index contributed by atoms with van der Waals surface area (Å²) in [6.45, 7) is 1.93. The largest absolute Gasteiger partial charge is 0.497 e. The van der Waals surface area contributed by atoms with E-state index in [9.17, 15) is 9.59 Å². The number of benzene rings is 1. The van der Waals surface area contributed by atoms with Gasteiger partial charge in [-0.05, 0) is 48.0 Å². The Morgan fingerprint density at radius 1 is 1.35 bits per heavy atom. The Hall–Kier alpha value is -2.61. The van der Waals surface area contributed by atoms with Crippen molar-refractivity contribution in [1.82, 2.24) is 5.32 Å². The van der Waals surface area contributed by atoms with Gasteiger partial charge in [-0.25, -0.2) is 4.79 Å². The molecule has 120 valence electrons. The lowest BCUT2D eigenvalue weighted by molar-refractivity contribution is -0.135. The van der Waals surface area contributed by atoms with Crippen molar-refractivity contribution < 1.29 is 19.1 Å². The summed E-state index contributed by atoms with van der Waals surface area (Å²) in [4.78, 5) is 23.0. The molecule has 1 heterocycles. The number of esters is 1. The van der Waals surface area contributed by atoms with E-state index in [2.05, 4.69) is 20.3 Å². The Kier molecular flexibility index (Phi) is 5.53. The smallest absolute Gasteiger partial charge is 0.331 e. The number of aryl methyl sites for hydroxylation is 1. The summed E-state index contributed by atoms with van der Waals surface area (Å²) in [5.74, 6) is -0.238. The average Bonchev–Trinajstić information content (AvgIpc) is 2.88. The molecule has 0 aromatic heterocycles. The number of carbonyl (C=O) groups excluding carboxylic acids is 2. The van der Waals surface area contributed by atoms with Gasteiger partial charge in [0.1, 0.15) is 5.75 Å². The number of nitrogens with one attached hydrogen (secondary N) is 1. The van der Waals surface area contributed by atoms with Crippen LogP contribution in [0.3, 0.4) is 0 Å². The fourth-order valence-corrected chi connectivity index (χ4v) is 2.44. The molecule has 2 rings (SSSR count). The minimum atomic E-state index is -0.596. The normalized spacial score (nSPS) is 17.8. The zero-order valence-corrected chi connectivity index (χ0v) is 13.6. The summed E-state index contributed by atoms with van der Waals surface area (Å²) in [6.07, 6.45) is 2.69. The van der Waals surface area contributed by atoms with Crippen molar-refractivity contribution in [2.45, 2.75) is 6.92 Å². The fraction of sp³-hybridized carbons (Fsp3) is 0.200. The molecule has 1 fully saturated rings. The molecular weight excluding hydrogens is 318 g/mol. The van der Waals surface area contributed by atoms with Gasteiger partial charge in [-0.3, -0.25) is 10.1 Å². The number of amidine groups is 1. The second-order valence-electron chi connectivity index (χ2n) is 4.46. The van der Waals surface area contributed by atoms with Gasteiger partial charge in [-0.15, -0.1) is 5.10 Å². The lowest BCUT2D eigenvalue weighted by Gasteiger charge is -2.03. The van der Waals surface area contributed by atoms with Crippen LogP contribution >= 0.6 is 11.8 Å². The zero-order chi connectivity index (χ0) is 16.8. The van der Waals surface area contributed by atoms with Gasteiger partial charge in [0.05, 0.1) is 25.3 Å². The maximum absolute atomic E-state index is 11.6. The molecule has 0 spiro atoms. The summed E-state index contributed by atoms with van der Waals surface area (Å²) >= 11 is 1.02. The van der Waals surface area contributed by atoms with Crippen molar-refractivity contribution in [1.29, 1.82) is 0 Å². The molecule has 1 aliphatic heterocycles. The van der Waals surface area contributed by atoms with Crippen LogP contribution in [0.15, 0.2) is 39.4 Å². The Labute approximate surface area is 137 Å². The first-order valence-electron chi connectivity index (χ1n) is 6.58. The van der Waals surface area contributed by atoms with Crippen molar-refractivity contribution in [3.8, 4) is 5.75 Å². The fourth-order valence-electron chi connectivity index (χ4n) is 1.70. The maximum atomic E-state index is 11.6. The summed E-state index contributed by atoms with van der Waals surface area (Å²) in [7, 11) is 2.85. The van der Waals surface area contributed by atoms with E-state index >= 15 is 0 Å². The van der Waals surface area contributed by atoms with Crippen LogP contribution in [0, 0.1) is 6.92 Å². The van der Waals surface area contributed by atoms with E-state index in [1.807, 2.05) is 25.1 Å². The quantitative estimate of drug-likeness (QED) is 0.391. The van der Waals surface area contributed by atoms with Gasteiger partial charge in [0, 0.05) is 6.08 Å². The molecule has 7 nitrogen and oxygen atoms in total. The standard InChI is InChI=1S/C15H15N3O4S/c1-9-6-11(21-2)5-4-10(9)8-16-18-15-17-14(20)12(23-15)7-13(19)22-3/h4-8H,1-3H3,(H,17,18,20)/b12-7+,16-8?. The summed E-state index contributed by atoms with van der Waals surface area (Å²) in [5.41, 5.74) is 1.87. The van der Waals surface area contributed by atoms with E-state index in [4.69, 9.17) is 4.74 Å². The molecule has 8 heteroatoms. The Morgan fingerprint density at radius 3 is 2.78 bits per heavy atom. The molecule has 1 aromatic rings. The highest BCUT2D eigenvalue weighted by molar-refractivity contribution is 8.18. The first-order chi connectivity index (χ1) is 11.0. The molecule has 23 heavy (non-hydrogen) atoms. The number of ether oxygens (including phenoxy) is 2. The average molecular weight is 333 g/mol. The highest BCUT2D eigenvalue weighted by Gasteiger charge is 2.24. The van der Waals surface area contributed by atoms with E-state index in [-0.39, 0.29) is 4.91 Å². The molecule has 1 saturated heterocycles. The number of thioether (sulfide) groups is 1. The molecule has 0 atom stereocenters. The van der Waals surface area contributed by atoms with Gasteiger partial charge in [0.15, 0.2) is 5.17 Å². The highest BCUT2D eigenvalue weighted by Crippen LogP contribution is 2.23. The minimum Gasteiger partial charge on any atom is -0.497 e. The lowest BCUT2D eigenvalue weighted by Crippen LogP contribution is -2.19. The topological polar surface area (TPSA) is 89.3 Å². The number of amides is 1. The second-order valence-corrected chi connectivity index (χ2v) is 5.49. The van der Waals surface area contributed by atoms with Crippen molar-refractivity contribution in [2.24, 2.45) is 10.2 Å². The molecule has 0 aliphatic carbocycles. The molecule has 0 radical (unpaired) electrons. The molecule has 0 saturated carbocycles. The van der Waals surface area contributed by atoms with Crippen molar-refractivity contribution in [3.63, 3.8) is 0 Å². The van der Waals surface area contributed by atoms with Crippen LogP contribution in [0.1, 0.15) is 11.1 Å². The van der Waals surface area contributed by atoms with E-state index in [0.29, 0.717) is 5.17 Å². The van der Waals surface area contributed by atoms with Gasteiger partial charge >= 0.3 is 5.97 Å². The third-order valence-electron chi connectivity index (χ3n) is 2.92. The van der Waals surface area contributed by atoms with Crippen LogP contribution in [0.5, 0.6) is 5.75 Å². The van der Waals surface area contributed by atoms with E-state index < -0.39 is 11.9 Å². The first kappa shape index (κ1) is 16.8. The zero-order valence-electron chi connectivity index (χ0n) is 12.8. The molecule has 0 unspecified atom stereocenters. The van der Waals surface area contributed by atoms with E-state index in [0.717, 1.165) is 34.7 Å². The van der Waals surface area contributed by atoms with Crippen LogP contribution in [0.25, 0.3) is 0 Å². The minimum absolute atomic E-state index is 0.214. The summed E-state index contributed by atoms with van der Waals surface area (Å²) in [5, 5.41) is 10.7. The third kappa shape index (κ3) is 4.43. The van der Waals surface area contributed by atoms with Crippen molar-refractivity contribution in [3.05, 3.63) is 40.3 Å². The SMILES string of the molecule is COC(=O)/C=C1/S/C(=N\N=Cc2ccc(OC)cc2C)NC1=O. The predicted octanol–water partition coefficient (Wildman–Crippen LogP) is 1.61. The lowest BCUT2D eigenvalue weighted by atomic mass is 10.1. The van der Waals surface area contributed by atoms with E-state index in [1.165, 1.54) is 7.11 Å². The Morgan fingerprint density at radius 2 is 2.13 bits per heavy atom. The summed E-state index contributed by atoms with van der Waals surface area (Å²) in [6, 6.07) is 5.57. The molecule has 0 bridgehead atoms. The molecule has 1 N–H and O–H groups in total. The van der Waals surface area contributed by atoms with E-state index in [1.54, 1.807) is 13.3 Å². The van der Waals surface area contributed by atoms with Crippen LogP contribution in [0.4, 0.5) is 0 Å². The molecule has 1 aliphatic rings. The van der Waals surface area contributed by atoms with Crippen LogP contribution in [-0.4, -0.2) is 37.5 Å². The first-order valence-corrected chi connectivity index (χ1v) is 7.39. The van der Waals surface area contributed by atoms with Crippen molar-refractivity contribution >= 4 is 35.0 Å². The Balaban J connectivity index is 2.08. The van der Waals surface area contributed by atoms with Gasteiger partial charge < -0.3 is 9.47 Å². The summed E-state index contributed by atoms with van der Waals surface area (Å²) < 4.78 is 9.61. The van der Waals surface area contributed by atoms with Crippen molar-refractivity contribution in [2.75, 3.05) is 14.2 Å². The van der Waals surface area contributed by atoms with Gasteiger partial charge in [-0.2, -0.15) is 5.10 Å². The number of hydrogen-bond acceptors (Lipinski definition) is 7. The molecule has 1 amide bonds. The Bertz CT molecular complexity index is 725. The molecule has 1 aromatic carbocycles. The molecular formula is C15H15N3O4S. The maximum Gasteiger partial charge on any atom is 0.331 e. The predicted molar refractivity (Wildman–Crippen MR) is 88.6 cm³/mol. The van der Waals surface area contributed by atoms with Gasteiger partial charge in [-0.1, -0.05) is 0 Å². The number of hydrogen-bond donors (Lipinski definition) is 1. The number of nitrogens with zero attached hydrogens (tertiary/aromatic N) is 2. The number of rotatable bonds is 4. The monoisotopic (exact) mass is 333 g/mol. The van der Waals surface area contributed by atoms with Crippen LogP contribution in [0.2, 0.25) is 0 Å². The van der Waals surface area contributed by atoms with Crippen LogP contribution in [-0.2, 0) is 14.3 Å². The third-order valence-corrected chi connectivity index (χ3v) is 3.82. The van der Waals surface area contributed by atoms with Crippen LogP contribution < -0.4 is 10.1 Å². The van der Waals surface area contributed by atoms with Gasteiger partial charge in [0.2, 0.25) is 0 Å². The number of carbonyl (C=O) groups is 2. The highest BCUT2D eigenvalue weighted by atomic mass is 32.2. The van der Waals surface area contributed by atoms with Gasteiger partial charge in [0.25, 0.3) is 5.91 Å². The number of methoxy groups -OCH3 is 2.